The summed E-state index contributed by atoms with van der Waals surface area (Å²) in [4.78, 5) is 11.3. The molecule has 148 valence electrons. The summed E-state index contributed by atoms with van der Waals surface area (Å²) in [5, 5.41) is 7.45. The number of nitrogens with zero attached hydrogens (tertiary/aromatic N) is 6. The van der Waals surface area contributed by atoms with Crippen molar-refractivity contribution in [3.63, 3.8) is 0 Å². The minimum Gasteiger partial charge on any atom is -0.370 e. The molecule has 0 saturated carbocycles. The van der Waals surface area contributed by atoms with Crippen LogP contribution in [0, 0.1) is 20.8 Å². The molecule has 1 saturated heterocycles. The Bertz CT molecular complexity index is 931. The number of hydrogen-bond acceptors (Lipinski definition) is 7. The average Bonchev–Trinajstić information content (AvgIpc) is 2.87. The Kier molecular flexibility index (Phi) is 5.38. The van der Waals surface area contributed by atoms with Crippen LogP contribution >= 0.6 is 0 Å². The second-order valence-corrected chi connectivity index (χ2v) is 8.58. The van der Waals surface area contributed by atoms with E-state index in [2.05, 4.69) is 25.3 Å². The van der Waals surface area contributed by atoms with Crippen molar-refractivity contribution in [2.24, 2.45) is 7.05 Å². The molecule has 0 atom stereocenters. The molecule has 0 aliphatic carbocycles. The van der Waals surface area contributed by atoms with Crippen molar-refractivity contribution in [1.29, 1.82) is 0 Å². The smallest absolute Gasteiger partial charge is 0.246 e. The Labute approximate surface area is 160 Å². The number of nitrogens with one attached hydrogen (secondary N) is 1. The van der Waals surface area contributed by atoms with Crippen molar-refractivity contribution in [3.05, 3.63) is 23.3 Å². The summed E-state index contributed by atoms with van der Waals surface area (Å²) >= 11 is 0. The van der Waals surface area contributed by atoms with Crippen molar-refractivity contribution < 1.29 is 8.42 Å². The van der Waals surface area contributed by atoms with Crippen LogP contribution in [0.15, 0.2) is 11.0 Å². The van der Waals surface area contributed by atoms with Gasteiger partial charge in [-0.15, -0.1) is 0 Å². The number of piperazine rings is 1. The normalized spacial score (nSPS) is 16.0. The van der Waals surface area contributed by atoms with Gasteiger partial charge in [-0.25, -0.2) is 18.4 Å². The fourth-order valence-corrected chi connectivity index (χ4v) is 5.22. The van der Waals surface area contributed by atoms with E-state index < -0.39 is 10.0 Å². The molecule has 0 bridgehead atoms. The molecule has 9 nitrogen and oxygen atoms in total. The maximum Gasteiger partial charge on any atom is 0.246 e. The summed E-state index contributed by atoms with van der Waals surface area (Å²) in [6.45, 7) is 10.2. The number of aryl methyl sites for hydroxylation is 3. The van der Waals surface area contributed by atoms with Crippen molar-refractivity contribution in [3.8, 4) is 0 Å². The number of anilines is 2. The highest BCUT2D eigenvalue weighted by Crippen LogP contribution is 2.25. The van der Waals surface area contributed by atoms with E-state index in [0.717, 1.165) is 18.2 Å². The van der Waals surface area contributed by atoms with Gasteiger partial charge in [-0.1, -0.05) is 0 Å². The third kappa shape index (κ3) is 3.77. The Morgan fingerprint density at radius 2 is 1.78 bits per heavy atom. The average molecular weight is 394 g/mol. The highest BCUT2D eigenvalue weighted by molar-refractivity contribution is 7.89. The van der Waals surface area contributed by atoms with Crippen molar-refractivity contribution in [2.45, 2.75) is 32.6 Å². The van der Waals surface area contributed by atoms with Crippen LogP contribution in [0.3, 0.4) is 0 Å². The van der Waals surface area contributed by atoms with Gasteiger partial charge in [-0.05, 0) is 27.7 Å². The molecule has 0 spiro atoms. The van der Waals surface area contributed by atoms with Gasteiger partial charge in [0.2, 0.25) is 10.0 Å². The summed E-state index contributed by atoms with van der Waals surface area (Å²) in [6, 6.07) is 1.91. The maximum atomic E-state index is 13.1. The van der Waals surface area contributed by atoms with Gasteiger partial charge >= 0.3 is 0 Å². The Morgan fingerprint density at radius 3 is 2.33 bits per heavy atom. The van der Waals surface area contributed by atoms with Gasteiger partial charge in [0, 0.05) is 45.8 Å². The molecular formula is C17H27N7O2S. The zero-order valence-corrected chi connectivity index (χ0v) is 17.3. The van der Waals surface area contributed by atoms with E-state index in [4.69, 9.17) is 0 Å². The number of aromatic nitrogens is 4. The predicted molar refractivity (Wildman–Crippen MR) is 105 cm³/mol. The summed E-state index contributed by atoms with van der Waals surface area (Å²) in [5.41, 5.74) is 1.20. The first kappa shape index (κ1) is 19.6. The zero-order chi connectivity index (χ0) is 19.8. The fourth-order valence-electron chi connectivity index (χ4n) is 3.40. The third-order valence-electron chi connectivity index (χ3n) is 4.79. The third-order valence-corrected chi connectivity index (χ3v) is 6.94. The second-order valence-electron chi connectivity index (χ2n) is 6.70. The summed E-state index contributed by atoms with van der Waals surface area (Å²) in [6.07, 6.45) is 0. The minimum absolute atomic E-state index is 0.325. The van der Waals surface area contributed by atoms with Crippen molar-refractivity contribution >= 4 is 21.7 Å². The summed E-state index contributed by atoms with van der Waals surface area (Å²) in [5.74, 6) is 2.31. The molecule has 0 aromatic carbocycles. The van der Waals surface area contributed by atoms with Crippen molar-refractivity contribution in [1.82, 2.24) is 24.1 Å². The number of hydrogen-bond donors (Lipinski definition) is 1. The first-order valence-electron chi connectivity index (χ1n) is 9.09. The lowest BCUT2D eigenvalue weighted by atomic mass is 10.3. The van der Waals surface area contributed by atoms with Crippen LogP contribution in [0.2, 0.25) is 0 Å². The van der Waals surface area contributed by atoms with Gasteiger partial charge in [-0.2, -0.15) is 9.40 Å². The largest absolute Gasteiger partial charge is 0.370 e. The standard InChI is InChI=1S/C17H27N7O2S/c1-6-18-15-11-16(20-14(4)19-15)23-7-9-24(10-8-23)27(25,26)17-12(2)21-22(5)13(17)3/h11H,6-10H2,1-5H3,(H,18,19,20). The van der Waals surface area contributed by atoms with Crippen LogP contribution in [0.25, 0.3) is 0 Å². The number of sulfonamides is 1. The molecular weight excluding hydrogens is 366 g/mol. The highest BCUT2D eigenvalue weighted by atomic mass is 32.2. The van der Waals surface area contributed by atoms with Gasteiger partial charge in [0.05, 0.1) is 11.4 Å². The zero-order valence-electron chi connectivity index (χ0n) is 16.5. The topological polar surface area (TPSA) is 96.2 Å². The Hall–Kier alpha value is -2.20. The van der Waals surface area contributed by atoms with E-state index in [1.54, 1.807) is 29.9 Å². The lowest BCUT2D eigenvalue weighted by molar-refractivity contribution is 0.383. The van der Waals surface area contributed by atoms with E-state index in [9.17, 15) is 8.42 Å². The molecule has 1 N–H and O–H groups in total. The second kappa shape index (κ2) is 7.43. The summed E-state index contributed by atoms with van der Waals surface area (Å²) in [7, 11) is -1.79. The van der Waals surface area contributed by atoms with Gasteiger partial charge in [0.1, 0.15) is 22.4 Å². The first-order valence-corrected chi connectivity index (χ1v) is 10.5. The lowest BCUT2D eigenvalue weighted by Gasteiger charge is -2.34. The van der Waals surface area contributed by atoms with Crippen LogP contribution in [-0.2, 0) is 17.1 Å². The fraction of sp³-hybridized carbons (Fsp3) is 0.588. The highest BCUT2D eigenvalue weighted by Gasteiger charge is 2.33. The SMILES string of the molecule is CCNc1cc(N2CCN(S(=O)(=O)c3c(C)nn(C)c3C)CC2)nc(C)n1. The Balaban J connectivity index is 1.77. The Morgan fingerprint density at radius 1 is 1.11 bits per heavy atom. The van der Waals surface area contributed by atoms with Gasteiger partial charge in [-0.3, -0.25) is 4.68 Å². The molecule has 3 heterocycles. The molecule has 0 amide bonds. The molecule has 27 heavy (non-hydrogen) atoms. The van der Waals surface area contributed by atoms with Gasteiger partial charge in [0.15, 0.2) is 0 Å². The molecule has 2 aromatic rings. The van der Waals surface area contributed by atoms with Crippen LogP contribution in [0.5, 0.6) is 0 Å². The lowest BCUT2D eigenvalue weighted by Crippen LogP contribution is -2.49. The van der Waals surface area contributed by atoms with Gasteiger partial charge in [0.25, 0.3) is 0 Å². The first-order chi connectivity index (χ1) is 12.7. The molecule has 2 aromatic heterocycles. The molecule has 0 unspecified atom stereocenters. The van der Waals surface area contributed by atoms with Crippen molar-refractivity contribution in [2.75, 3.05) is 42.9 Å². The molecule has 10 heteroatoms. The van der Waals surface area contributed by atoms with Crippen LogP contribution in [-0.4, -0.2) is 65.2 Å². The van der Waals surface area contributed by atoms with E-state index in [1.165, 1.54) is 0 Å². The van der Waals surface area contributed by atoms with E-state index >= 15 is 0 Å². The van der Waals surface area contributed by atoms with Gasteiger partial charge < -0.3 is 10.2 Å². The van der Waals surface area contributed by atoms with E-state index in [1.807, 2.05) is 19.9 Å². The molecule has 1 aliphatic heterocycles. The summed E-state index contributed by atoms with van der Waals surface area (Å²) < 4.78 is 29.4. The number of rotatable bonds is 5. The monoisotopic (exact) mass is 393 g/mol. The molecule has 0 radical (unpaired) electrons. The van der Waals surface area contributed by atoms with Crippen LogP contribution in [0.1, 0.15) is 24.1 Å². The molecule has 1 aliphatic rings. The molecule has 3 rings (SSSR count). The van der Waals surface area contributed by atoms with Crippen LogP contribution in [0.4, 0.5) is 11.6 Å². The quantitative estimate of drug-likeness (QED) is 0.812. The maximum absolute atomic E-state index is 13.1. The van der Waals surface area contributed by atoms with Crippen LogP contribution < -0.4 is 10.2 Å². The predicted octanol–water partition coefficient (Wildman–Crippen LogP) is 1.08. The van der Waals surface area contributed by atoms with E-state index in [0.29, 0.717) is 48.3 Å². The minimum atomic E-state index is -3.55. The molecule has 1 fully saturated rings. The van der Waals surface area contributed by atoms with E-state index in [-0.39, 0.29) is 0 Å².